The van der Waals surface area contributed by atoms with Gasteiger partial charge in [0.1, 0.15) is 0 Å². The van der Waals surface area contributed by atoms with Gasteiger partial charge in [-0.25, -0.2) is 0 Å². The van der Waals surface area contributed by atoms with Gasteiger partial charge in [0.05, 0.1) is 11.2 Å². The molecule has 0 bridgehead atoms. The summed E-state index contributed by atoms with van der Waals surface area (Å²) < 4.78 is 6.37. The predicted octanol–water partition coefficient (Wildman–Crippen LogP) is 6.52. The quantitative estimate of drug-likeness (QED) is 0.363. The van der Waals surface area contributed by atoms with Gasteiger partial charge in [0.15, 0.2) is 0 Å². The van der Waals surface area contributed by atoms with Gasteiger partial charge in [-0.05, 0) is 58.3 Å². The number of hydrogen-bond donors (Lipinski definition) is 0. The van der Waals surface area contributed by atoms with E-state index in [1.165, 1.54) is 25.7 Å². The second-order valence-corrected chi connectivity index (χ2v) is 8.12. The van der Waals surface area contributed by atoms with Crippen molar-refractivity contribution in [1.29, 1.82) is 0 Å². The minimum absolute atomic E-state index is 0.0435. The molecule has 0 aromatic heterocycles. The van der Waals surface area contributed by atoms with Crippen LogP contribution in [0.15, 0.2) is 12.2 Å². The van der Waals surface area contributed by atoms with Crippen LogP contribution in [-0.4, -0.2) is 11.2 Å². The summed E-state index contributed by atoms with van der Waals surface area (Å²) in [5, 5.41) is 0. The lowest BCUT2D eigenvalue weighted by Gasteiger charge is -2.38. The Bertz CT molecular complexity index is 271. The maximum absolute atomic E-state index is 6.37. The molecule has 0 atom stereocenters. The van der Waals surface area contributed by atoms with Crippen LogP contribution in [-0.2, 0) is 4.74 Å². The van der Waals surface area contributed by atoms with Crippen LogP contribution in [0.1, 0.15) is 93.9 Å². The number of rotatable bonds is 8. The van der Waals surface area contributed by atoms with Gasteiger partial charge in [-0.3, -0.25) is 0 Å². The van der Waals surface area contributed by atoms with Crippen molar-refractivity contribution in [2.45, 2.75) is 105 Å². The summed E-state index contributed by atoms with van der Waals surface area (Å²) >= 11 is 0. The van der Waals surface area contributed by atoms with Crippen LogP contribution in [0.25, 0.3) is 0 Å². The molecular weight excluding hydrogens is 244 g/mol. The van der Waals surface area contributed by atoms with Crippen LogP contribution in [0.4, 0.5) is 0 Å². The Labute approximate surface area is 128 Å². The smallest absolute Gasteiger partial charge is 0.0684 e. The minimum atomic E-state index is -0.0435. The summed E-state index contributed by atoms with van der Waals surface area (Å²) in [4.78, 5) is 0. The second kappa shape index (κ2) is 8.22. The maximum Gasteiger partial charge on any atom is 0.0684 e. The van der Waals surface area contributed by atoms with E-state index in [0.29, 0.717) is 5.41 Å². The van der Waals surface area contributed by atoms with Crippen molar-refractivity contribution in [2.75, 3.05) is 0 Å². The largest absolute Gasteiger partial charge is 0.369 e. The van der Waals surface area contributed by atoms with E-state index in [1.807, 2.05) is 0 Å². The molecule has 0 saturated carbocycles. The van der Waals surface area contributed by atoms with Gasteiger partial charge in [-0.2, -0.15) is 0 Å². The lowest BCUT2D eigenvalue weighted by Crippen LogP contribution is -2.39. The number of unbranched alkanes of at least 4 members (excludes halogenated alkanes) is 2. The molecule has 0 rings (SSSR count). The molecule has 0 fully saturated rings. The Balaban J connectivity index is 4.20. The fourth-order valence-electron chi connectivity index (χ4n) is 2.59. The first kappa shape index (κ1) is 19.7. The summed E-state index contributed by atoms with van der Waals surface area (Å²) in [5.74, 6) is 0. The van der Waals surface area contributed by atoms with E-state index >= 15 is 0 Å². The van der Waals surface area contributed by atoms with Gasteiger partial charge in [0.2, 0.25) is 0 Å². The molecular formula is C19H38O. The Hall–Kier alpha value is -0.300. The first-order chi connectivity index (χ1) is 9.04. The van der Waals surface area contributed by atoms with E-state index in [1.54, 1.807) is 0 Å². The van der Waals surface area contributed by atoms with Crippen molar-refractivity contribution in [1.82, 2.24) is 0 Å². The van der Waals surface area contributed by atoms with E-state index in [9.17, 15) is 0 Å². The summed E-state index contributed by atoms with van der Waals surface area (Å²) in [5.41, 5.74) is 0.343. The predicted molar refractivity (Wildman–Crippen MR) is 91.2 cm³/mol. The molecule has 0 heterocycles. The summed E-state index contributed by atoms with van der Waals surface area (Å²) in [6.45, 7) is 17.8. The van der Waals surface area contributed by atoms with Crippen molar-refractivity contribution < 1.29 is 4.74 Å². The van der Waals surface area contributed by atoms with Gasteiger partial charge in [0, 0.05) is 0 Å². The Morgan fingerprint density at radius 3 is 1.80 bits per heavy atom. The van der Waals surface area contributed by atoms with Gasteiger partial charge < -0.3 is 4.74 Å². The van der Waals surface area contributed by atoms with Crippen molar-refractivity contribution in [3.05, 3.63) is 12.2 Å². The molecule has 0 aliphatic heterocycles. The SMILES string of the molecule is CCC(CC)(CCCC/C=C/C(C)(C)C)OC(C)(C)C. The van der Waals surface area contributed by atoms with Crippen LogP contribution in [0.2, 0.25) is 0 Å². The molecule has 120 valence electrons. The average Bonchev–Trinajstić information content (AvgIpc) is 2.29. The number of ether oxygens (including phenoxy) is 1. The minimum Gasteiger partial charge on any atom is -0.369 e. The lowest BCUT2D eigenvalue weighted by molar-refractivity contribution is -0.140. The summed E-state index contributed by atoms with van der Waals surface area (Å²) in [6, 6.07) is 0. The molecule has 0 aromatic carbocycles. The van der Waals surface area contributed by atoms with Crippen molar-refractivity contribution in [3.8, 4) is 0 Å². The third-order valence-corrected chi connectivity index (χ3v) is 3.68. The molecule has 0 aromatic rings. The van der Waals surface area contributed by atoms with Crippen LogP contribution < -0.4 is 0 Å². The monoisotopic (exact) mass is 282 g/mol. The molecule has 20 heavy (non-hydrogen) atoms. The van der Waals surface area contributed by atoms with E-state index in [0.717, 1.165) is 12.8 Å². The van der Waals surface area contributed by atoms with Gasteiger partial charge >= 0.3 is 0 Å². The maximum atomic E-state index is 6.37. The summed E-state index contributed by atoms with van der Waals surface area (Å²) in [7, 11) is 0. The fraction of sp³-hybridized carbons (Fsp3) is 0.895. The Morgan fingerprint density at radius 2 is 1.40 bits per heavy atom. The number of hydrogen-bond acceptors (Lipinski definition) is 1. The van der Waals surface area contributed by atoms with Crippen LogP contribution in [0, 0.1) is 5.41 Å². The van der Waals surface area contributed by atoms with Gasteiger partial charge in [0.25, 0.3) is 0 Å². The number of allylic oxidation sites excluding steroid dienone is 2. The first-order valence-corrected chi connectivity index (χ1v) is 8.41. The zero-order valence-electron chi connectivity index (χ0n) is 15.3. The molecule has 0 aliphatic carbocycles. The van der Waals surface area contributed by atoms with E-state index in [2.05, 4.69) is 67.5 Å². The Morgan fingerprint density at radius 1 is 0.850 bits per heavy atom. The molecule has 0 unspecified atom stereocenters. The molecule has 1 nitrogen and oxygen atoms in total. The molecule has 0 aliphatic rings. The molecule has 1 heteroatoms. The zero-order valence-corrected chi connectivity index (χ0v) is 15.3. The molecule has 0 spiro atoms. The van der Waals surface area contributed by atoms with Crippen molar-refractivity contribution in [2.24, 2.45) is 5.41 Å². The van der Waals surface area contributed by atoms with Crippen molar-refractivity contribution >= 4 is 0 Å². The highest BCUT2D eigenvalue weighted by atomic mass is 16.5. The highest BCUT2D eigenvalue weighted by molar-refractivity contribution is 4.92. The van der Waals surface area contributed by atoms with Gasteiger partial charge in [-0.15, -0.1) is 0 Å². The standard InChI is InChI=1S/C19H38O/c1-9-19(10-2,20-18(6,7)8)16-14-12-11-13-15-17(3,4)5/h13,15H,9-12,14,16H2,1-8H3/b15-13+. The van der Waals surface area contributed by atoms with E-state index in [-0.39, 0.29) is 11.2 Å². The average molecular weight is 283 g/mol. The van der Waals surface area contributed by atoms with E-state index < -0.39 is 0 Å². The lowest BCUT2D eigenvalue weighted by atomic mass is 9.89. The molecule has 0 amide bonds. The molecule has 0 saturated heterocycles. The Kier molecular flexibility index (Phi) is 8.09. The van der Waals surface area contributed by atoms with Crippen LogP contribution >= 0.6 is 0 Å². The fourth-order valence-corrected chi connectivity index (χ4v) is 2.59. The normalized spacial score (nSPS) is 14.2. The zero-order chi connectivity index (χ0) is 15.9. The second-order valence-electron chi connectivity index (χ2n) is 8.12. The van der Waals surface area contributed by atoms with Gasteiger partial charge in [-0.1, -0.05) is 53.2 Å². The van der Waals surface area contributed by atoms with Crippen LogP contribution in [0.5, 0.6) is 0 Å². The van der Waals surface area contributed by atoms with Crippen LogP contribution in [0.3, 0.4) is 0 Å². The van der Waals surface area contributed by atoms with E-state index in [4.69, 9.17) is 4.74 Å². The highest BCUT2D eigenvalue weighted by Crippen LogP contribution is 2.32. The summed E-state index contributed by atoms with van der Waals surface area (Å²) in [6.07, 6.45) is 11.8. The first-order valence-electron chi connectivity index (χ1n) is 8.41. The third kappa shape index (κ3) is 9.58. The molecule has 0 N–H and O–H groups in total. The third-order valence-electron chi connectivity index (χ3n) is 3.68. The highest BCUT2D eigenvalue weighted by Gasteiger charge is 2.31. The topological polar surface area (TPSA) is 9.23 Å². The van der Waals surface area contributed by atoms with Crippen molar-refractivity contribution in [3.63, 3.8) is 0 Å². The molecule has 0 radical (unpaired) electrons.